The molecule has 0 spiro atoms. The number of carbonyl (C=O) groups is 5. The molecule has 2 aromatic carbocycles. The summed E-state index contributed by atoms with van der Waals surface area (Å²) < 4.78 is 5.13. The number of nitrogens with one attached hydrogen (secondary N) is 2. The van der Waals surface area contributed by atoms with Crippen LogP contribution >= 0.6 is 11.8 Å². The standard InChI is InChI=1S/C32H42N4O6S/c1-7-35(6)32(41)34-26(20(2)3)29(39)36-25(19-43-30(36)23-16-12-9-13-17-23)33-28(38)24(18-22-14-10-8-11-15-22)27(37)31(40)42-21(4)5/h8-17,20-21,24-26,30H,7,18-19H2,1-6H3,(H,33,38)(H,34,41)/t24-,25+,26-,30+/m0/s1. The van der Waals surface area contributed by atoms with Gasteiger partial charge in [0.25, 0.3) is 5.78 Å². The summed E-state index contributed by atoms with van der Waals surface area (Å²) in [5.74, 6) is -4.33. The predicted molar refractivity (Wildman–Crippen MR) is 166 cm³/mol. The first-order chi connectivity index (χ1) is 20.4. The molecule has 43 heavy (non-hydrogen) atoms. The number of nitrogens with zero attached hydrogens (tertiary/aromatic N) is 2. The maximum absolute atomic E-state index is 14.2. The van der Waals surface area contributed by atoms with Gasteiger partial charge in [-0.15, -0.1) is 11.8 Å². The summed E-state index contributed by atoms with van der Waals surface area (Å²) in [4.78, 5) is 69.7. The topological polar surface area (TPSA) is 125 Å². The molecular weight excluding hydrogens is 568 g/mol. The highest BCUT2D eigenvalue weighted by Crippen LogP contribution is 2.41. The second-order valence-corrected chi connectivity index (χ2v) is 12.2. The molecule has 0 saturated carbocycles. The first-order valence-electron chi connectivity index (χ1n) is 14.5. The number of ether oxygens (including phenoxy) is 1. The van der Waals surface area contributed by atoms with Crippen molar-refractivity contribution in [3.05, 3.63) is 71.8 Å². The number of rotatable bonds is 12. The molecular formula is C32H42N4O6S. The maximum Gasteiger partial charge on any atom is 0.375 e. The van der Waals surface area contributed by atoms with Gasteiger partial charge in [-0.05, 0) is 44.2 Å². The van der Waals surface area contributed by atoms with E-state index in [0.717, 1.165) is 5.56 Å². The zero-order valence-corrected chi connectivity index (χ0v) is 26.4. The van der Waals surface area contributed by atoms with Crippen molar-refractivity contribution in [2.45, 2.75) is 64.7 Å². The Morgan fingerprint density at radius 2 is 1.58 bits per heavy atom. The van der Waals surface area contributed by atoms with E-state index >= 15 is 0 Å². The number of ketones is 1. The van der Waals surface area contributed by atoms with Crippen molar-refractivity contribution in [3.63, 3.8) is 0 Å². The van der Waals surface area contributed by atoms with Gasteiger partial charge in [0.1, 0.15) is 23.5 Å². The van der Waals surface area contributed by atoms with Gasteiger partial charge in [-0.25, -0.2) is 9.59 Å². The SMILES string of the molecule is CCN(C)C(=O)N[C@H](C(=O)N1[C@@H](NC(=O)[C@@H](Cc2ccccc2)C(=O)C(=O)OC(C)C)CS[C@@H]1c1ccccc1)C(C)C. The number of carbonyl (C=O) groups excluding carboxylic acids is 5. The molecule has 1 saturated heterocycles. The first-order valence-corrected chi connectivity index (χ1v) is 15.6. The third-order valence-electron chi connectivity index (χ3n) is 7.14. The van der Waals surface area contributed by atoms with E-state index in [-0.39, 0.29) is 24.3 Å². The lowest BCUT2D eigenvalue weighted by Gasteiger charge is -2.35. The molecule has 1 aliphatic heterocycles. The molecule has 1 heterocycles. The normalized spacial score (nSPS) is 17.7. The van der Waals surface area contributed by atoms with Crippen LogP contribution in [0.25, 0.3) is 0 Å². The van der Waals surface area contributed by atoms with E-state index in [1.807, 2.05) is 57.2 Å². The number of esters is 1. The van der Waals surface area contributed by atoms with Gasteiger partial charge in [-0.3, -0.25) is 14.4 Å². The molecule has 1 aliphatic rings. The van der Waals surface area contributed by atoms with Gasteiger partial charge in [0, 0.05) is 19.3 Å². The summed E-state index contributed by atoms with van der Waals surface area (Å²) >= 11 is 1.47. The van der Waals surface area contributed by atoms with E-state index in [1.54, 1.807) is 50.1 Å². The van der Waals surface area contributed by atoms with Gasteiger partial charge in [0.15, 0.2) is 0 Å². The Labute approximate surface area is 257 Å². The Hall–Kier alpha value is -3.86. The molecule has 0 bridgehead atoms. The van der Waals surface area contributed by atoms with Crippen LogP contribution in [0.2, 0.25) is 0 Å². The second kappa shape index (κ2) is 15.6. The van der Waals surface area contributed by atoms with Crippen molar-refractivity contribution in [2.75, 3.05) is 19.3 Å². The lowest BCUT2D eigenvalue weighted by molar-refractivity contribution is -0.160. The molecule has 1 fully saturated rings. The van der Waals surface area contributed by atoms with Crippen molar-refractivity contribution in [2.24, 2.45) is 11.8 Å². The Balaban J connectivity index is 1.94. The van der Waals surface area contributed by atoms with Gasteiger partial charge in [0.05, 0.1) is 6.10 Å². The zero-order chi connectivity index (χ0) is 31.7. The summed E-state index contributed by atoms with van der Waals surface area (Å²) in [6.45, 7) is 9.25. The van der Waals surface area contributed by atoms with Crippen molar-refractivity contribution in [1.82, 2.24) is 20.4 Å². The summed E-state index contributed by atoms with van der Waals surface area (Å²) in [6, 6.07) is 17.1. The highest BCUT2D eigenvalue weighted by molar-refractivity contribution is 7.99. The van der Waals surface area contributed by atoms with E-state index in [4.69, 9.17) is 4.74 Å². The van der Waals surface area contributed by atoms with Crippen molar-refractivity contribution in [1.29, 1.82) is 0 Å². The van der Waals surface area contributed by atoms with Crippen molar-refractivity contribution in [3.8, 4) is 0 Å². The monoisotopic (exact) mass is 610 g/mol. The van der Waals surface area contributed by atoms with Crippen LogP contribution in [-0.4, -0.2) is 77.1 Å². The number of Topliss-reactive ketones (excluding diaryl/α,β-unsaturated/α-hetero) is 1. The molecule has 2 aromatic rings. The largest absolute Gasteiger partial charge is 0.457 e. The van der Waals surface area contributed by atoms with Gasteiger partial charge >= 0.3 is 12.0 Å². The third-order valence-corrected chi connectivity index (χ3v) is 8.46. The fourth-order valence-electron chi connectivity index (χ4n) is 4.66. The van der Waals surface area contributed by atoms with Crippen LogP contribution in [0, 0.1) is 11.8 Å². The molecule has 232 valence electrons. The number of benzene rings is 2. The first kappa shape index (κ1) is 33.6. The molecule has 0 unspecified atom stereocenters. The van der Waals surface area contributed by atoms with E-state index in [2.05, 4.69) is 10.6 Å². The van der Waals surface area contributed by atoms with E-state index in [0.29, 0.717) is 17.9 Å². The average molecular weight is 611 g/mol. The molecule has 10 nitrogen and oxygen atoms in total. The smallest absolute Gasteiger partial charge is 0.375 e. The highest BCUT2D eigenvalue weighted by Gasteiger charge is 2.44. The average Bonchev–Trinajstić information content (AvgIpc) is 3.41. The van der Waals surface area contributed by atoms with Crippen molar-refractivity contribution >= 4 is 41.4 Å². The van der Waals surface area contributed by atoms with Crippen LogP contribution in [0.1, 0.15) is 51.1 Å². The molecule has 0 aliphatic carbocycles. The summed E-state index contributed by atoms with van der Waals surface area (Å²) in [5.41, 5.74) is 1.56. The Bertz CT molecular complexity index is 1270. The zero-order valence-electron chi connectivity index (χ0n) is 25.6. The van der Waals surface area contributed by atoms with Crippen LogP contribution in [0.3, 0.4) is 0 Å². The predicted octanol–water partition coefficient (Wildman–Crippen LogP) is 3.77. The number of hydrogen-bond acceptors (Lipinski definition) is 7. The van der Waals surface area contributed by atoms with Crippen molar-refractivity contribution < 1.29 is 28.7 Å². The molecule has 0 aromatic heterocycles. The maximum atomic E-state index is 14.2. The fraction of sp³-hybridized carbons (Fsp3) is 0.469. The third kappa shape index (κ3) is 8.82. The van der Waals surface area contributed by atoms with Gasteiger partial charge in [-0.1, -0.05) is 74.5 Å². The summed E-state index contributed by atoms with van der Waals surface area (Å²) in [6.07, 6.45) is -1.34. The molecule has 3 rings (SSSR count). The van der Waals surface area contributed by atoms with Gasteiger partial charge < -0.3 is 25.2 Å². The lowest BCUT2D eigenvalue weighted by atomic mass is 9.94. The molecule has 4 atom stereocenters. The summed E-state index contributed by atoms with van der Waals surface area (Å²) in [7, 11) is 1.65. The van der Waals surface area contributed by atoms with Gasteiger partial charge in [0.2, 0.25) is 11.8 Å². The molecule has 11 heteroatoms. The van der Waals surface area contributed by atoms with E-state index < -0.39 is 47.3 Å². The number of hydrogen-bond donors (Lipinski definition) is 2. The van der Waals surface area contributed by atoms with Crippen LogP contribution in [0.15, 0.2) is 60.7 Å². The van der Waals surface area contributed by atoms with Crippen LogP contribution < -0.4 is 10.6 Å². The quantitative estimate of drug-likeness (QED) is 0.213. The van der Waals surface area contributed by atoms with Crippen LogP contribution in [0.5, 0.6) is 0 Å². The minimum absolute atomic E-state index is 0.0113. The fourth-order valence-corrected chi connectivity index (χ4v) is 6.03. The summed E-state index contributed by atoms with van der Waals surface area (Å²) in [5, 5.41) is 5.30. The highest BCUT2D eigenvalue weighted by atomic mass is 32.2. The minimum Gasteiger partial charge on any atom is -0.457 e. The Morgan fingerprint density at radius 3 is 2.14 bits per heavy atom. The Kier molecular flexibility index (Phi) is 12.2. The van der Waals surface area contributed by atoms with Gasteiger partial charge in [-0.2, -0.15) is 0 Å². The van der Waals surface area contributed by atoms with Crippen LogP contribution in [-0.2, 0) is 30.3 Å². The van der Waals surface area contributed by atoms with E-state index in [1.165, 1.54) is 16.7 Å². The number of thioether (sulfide) groups is 1. The molecule has 4 amide bonds. The minimum atomic E-state index is -1.36. The second-order valence-electron chi connectivity index (χ2n) is 11.1. The van der Waals surface area contributed by atoms with E-state index in [9.17, 15) is 24.0 Å². The molecule has 0 radical (unpaired) electrons. The molecule has 2 N–H and O–H groups in total. The number of amides is 4. The number of urea groups is 1. The Morgan fingerprint density at radius 1 is 0.977 bits per heavy atom. The van der Waals surface area contributed by atoms with Crippen LogP contribution in [0.4, 0.5) is 4.79 Å². The lowest BCUT2D eigenvalue weighted by Crippen LogP contribution is -2.59.